The van der Waals surface area contributed by atoms with Crippen molar-refractivity contribution in [1.82, 2.24) is 9.97 Å². The third kappa shape index (κ3) is 2.33. The molecule has 0 saturated heterocycles. The van der Waals surface area contributed by atoms with Gasteiger partial charge in [-0.3, -0.25) is 0 Å². The van der Waals surface area contributed by atoms with Crippen molar-refractivity contribution in [3.05, 3.63) is 21.7 Å². The predicted molar refractivity (Wildman–Crippen MR) is 52.7 cm³/mol. The highest BCUT2D eigenvalue weighted by Gasteiger charge is 2.17. The van der Waals surface area contributed by atoms with Crippen LogP contribution in [0.2, 0.25) is 10.3 Å². The molecule has 0 saturated carbocycles. The van der Waals surface area contributed by atoms with Crippen LogP contribution >= 0.6 is 23.2 Å². The maximum Gasteiger partial charge on any atom is 0.358 e. The second-order valence-corrected chi connectivity index (χ2v) is 3.18. The van der Waals surface area contributed by atoms with E-state index in [2.05, 4.69) is 9.97 Å². The van der Waals surface area contributed by atoms with Crippen molar-refractivity contribution < 1.29 is 9.53 Å². The van der Waals surface area contributed by atoms with Gasteiger partial charge < -0.3 is 4.74 Å². The highest BCUT2D eigenvalue weighted by molar-refractivity contribution is 6.34. The molecule has 1 rings (SSSR count). The largest absolute Gasteiger partial charge is 0.461 e. The van der Waals surface area contributed by atoms with E-state index in [4.69, 9.17) is 27.9 Å². The van der Waals surface area contributed by atoms with E-state index in [0.29, 0.717) is 5.69 Å². The van der Waals surface area contributed by atoms with Crippen molar-refractivity contribution >= 4 is 29.2 Å². The Bertz CT molecular complexity index is 369. The van der Waals surface area contributed by atoms with E-state index in [1.165, 1.54) is 0 Å². The summed E-state index contributed by atoms with van der Waals surface area (Å²) in [5.74, 6) is -0.593. The van der Waals surface area contributed by atoms with Gasteiger partial charge in [-0.2, -0.15) is 0 Å². The van der Waals surface area contributed by atoms with Crippen LogP contribution in [0, 0.1) is 6.92 Å². The summed E-state index contributed by atoms with van der Waals surface area (Å²) in [6.45, 7) is 3.59. The smallest absolute Gasteiger partial charge is 0.358 e. The highest BCUT2D eigenvalue weighted by atomic mass is 35.5. The summed E-state index contributed by atoms with van der Waals surface area (Å²) in [5.41, 5.74) is 0.459. The minimum absolute atomic E-state index is 0.00557. The minimum atomic E-state index is -0.593. The Balaban J connectivity index is 3.13. The topological polar surface area (TPSA) is 52.1 Å². The van der Waals surface area contributed by atoms with Gasteiger partial charge in [0.05, 0.1) is 17.3 Å². The minimum Gasteiger partial charge on any atom is -0.461 e. The van der Waals surface area contributed by atoms with Crippen LogP contribution in [0.25, 0.3) is 0 Å². The fraction of sp³-hybridized carbons (Fsp3) is 0.375. The van der Waals surface area contributed by atoms with Gasteiger partial charge in [0.15, 0.2) is 5.69 Å². The number of hydrogen-bond acceptors (Lipinski definition) is 4. The van der Waals surface area contributed by atoms with Gasteiger partial charge >= 0.3 is 5.97 Å². The molecular weight excluding hydrogens is 227 g/mol. The van der Waals surface area contributed by atoms with Gasteiger partial charge in [-0.05, 0) is 25.4 Å². The summed E-state index contributed by atoms with van der Waals surface area (Å²) in [7, 11) is 0. The molecule has 0 amide bonds. The molecule has 14 heavy (non-hydrogen) atoms. The molecule has 1 aromatic heterocycles. The maximum absolute atomic E-state index is 11.3. The Kier molecular flexibility index (Phi) is 3.66. The normalized spacial score (nSPS) is 10.0. The van der Waals surface area contributed by atoms with Gasteiger partial charge in [0.1, 0.15) is 0 Å². The molecule has 0 atom stereocenters. The monoisotopic (exact) mass is 234 g/mol. The number of ether oxygens (including phenoxy) is 1. The van der Waals surface area contributed by atoms with Crippen LogP contribution < -0.4 is 0 Å². The van der Waals surface area contributed by atoms with Gasteiger partial charge in [0.25, 0.3) is 0 Å². The molecule has 1 aromatic rings. The Morgan fingerprint density at radius 1 is 1.43 bits per heavy atom. The molecule has 0 spiro atoms. The average Bonchev–Trinajstić information content (AvgIpc) is 2.11. The molecule has 76 valence electrons. The first-order valence-corrected chi connectivity index (χ1v) is 4.68. The zero-order valence-electron chi connectivity index (χ0n) is 7.67. The van der Waals surface area contributed by atoms with Gasteiger partial charge in [0, 0.05) is 0 Å². The van der Waals surface area contributed by atoms with Crippen LogP contribution in [-0.2, 0) is 4.74 Å². The zero-order valence-corrected chi connectivity index (χ0v) is 9.19. The van der Waals surface area contributed by atoms with E-state index in [-0.39, 0.29) is 22.6 Å². The van der Waals surface area contributed by atoms with E-state index in [1.807, 2.05) is 0 Å². The average molecular weight is 235 g/mol. The number of aromatic nitrogens is 2. The van der Waals surface area contributed by atoms with E-state index in [0.717, 1.165) is 0 Å². The molecule has 0 aromatic carbocycles. The van der Waals surface area contributed by atoms with Crippen molar-refractivity contribution in [1.29, 1.82) is 0 Å². The Morgan fingerprint density at radius 2 is 2.07 bits per heavy atom. The molecule has 0 fully saturated rings. The summed E-state index contributed by atoms with van der Waals surface area (Å²) in [4.78, 5) is 18.8. The van der Waals surface area contributed by atoms with Crippen LogP contribution in [0.4, 0.5) is 0 Å². The number of aryl methyl sites for hydroxylation is 1. The molecule has 6 heteroatoms. The Hall–Kier alpha value is -0.870. The number of carbonyl (C=O) groups is 1. The lowest BCUT2D eigenvalue weighted by molar-refractivity contribution is 0.0519. The van der Waals surface area contributed by atoms with Crippen molar-refractivity contribution in [2.45, 2.75) is 13.8 Å². The van der Waals surface area contributed by atoms with E-state index >= 15 is 0 Å². The van der Waals surface area contributed by atoms with Crippen molar-refractivity contribution in [3.8, 4) is 0 Å². The van der Waals surface area contributed by atoms with Crippen molar-refractivity contribution in [2.24, 2.45) is 0 Å². The van der Waals surface area contributed by atoms with Gasteiger partial charge in [-0.15, -0.1) is 0 Å². The lowest BCUT2D eigenvalue weighted by atomic mass is 10.3. The SMILES string of the molecule is CCOC(=O)c1nc(Cl)nc(C)c1Cl. The molecular formula is C8H8Cl2N2O2. The third-order valence-corrected chi connectivity index (χ3v) is 2.08. The summed E-state index contributed by atoms with van der Waals surface area (Å²) in [6, 6.07) is 0. The van der Waals surface area contributed by atoms with Crippen LogP contribution in [0.1, 0.15) is 23.1 Å². The maximum atomic E-state index is 11.3. The molecule has 0 N–H and O–H groups in total. The Morgan fingerprint density at radius 3 is 2.64 bits per heavy atom. The lowest BCUT2D eigenvalue weighted by Gasteiger charge is -2.04. The fourth-order valence-corrected chi connectivity index (χ4v) is 1.23. The van der Waals surface area contributed by atoms with Crippen LogP contribution in [0.3, 0.4) is 0 Å². The molecule has 0 unspecified atom stereocenters. The second kappa shape index (κ2) is 4.57. The van der Waals surface area contributed by atoms with Gasteiger partial charge in [-0.1, -0.05) is 11.6 Å². The molecule has 0 aliphatic carbocycles. The molecule has 0 aliphatic rings. The molecule has 0 bridgehead atoms. The zero-order chi connectivity index (χ0) is 10.7. The number of esters is 1. The summed E-state index contributed by atoms with van der Waals surface area (Å²) < 4.78 is 4.75. The summed E-state index contributed by atoms with van der Waals surface area (Å²) in [6.07, 6.45) is 0. The predicted octanol–water partition coefficient (Wildman–Crippen LogP) is 2.27. The number of carbonyl (C=O) groups excluding carboxylic acids is 1. The first-order valence-electron chi connectivity index (χ1n) is 3.93. The first-order chi connectivity index (χ1) is 6.56. The highest BCUT2D eigenvalue weighted by Crippen LogP contribution is 2.19. The second-order valence-electron chi connectivity index (χ2n) is 2.46. The van der Waals surface area contributed by atoms with E-state index in [1.54, 1.807) is 13.8 Å². The standard InChI is InChI=1S/C8H8Cl2N2O2/c1-3-14-7(13)6-5(9)4(2)11-8(10)12-6/h3H2,1-2H3. The first kappa shape index (κ1) is 11.2. The van der Waals surface area contributed by atoms with Crippen LogP contribution in [0.15, 0.2) is 0 Å². The molecule has 1 heterocycles. The number of rotatable bonds is 2. The molecule has 4 nitrogen and oxygen atoms in total. The van der Waals surface area contributed by atoms with Crippen LogP contribution in [0.5, 0.6) is 0 Å². The van der Waals surface area contributed by atoms with Gasteiger partial charge in [0.2, 0.25) is 5.28 Å². The van der Waals surface area contributed by atoms with E-state index in [9.17, 15) is 4.79 Å². The summed E-state index contributed by atoms with van der Waals surface area (Å²) in [5, 5.41) is 0.155. The van der Waals surface area contributed by atoms with E-state index < -0.39 is 5.97 Å². The quantitative estimate of drug-likeness (QED) is 0.582. The Labute approximate surface area is 91.2 Å². The molecule has 0 radical (unpaired) electrons. The number of hydrogen-bond donors (Lipinski definition) is 0. The van der Waals surface area contributed by atoms with Crippen molar-refractivity contribution in [2.75, 3.05) is 6.61 Å². The number of nitrogens with zero attached hydrogens (tertiary/aromatic N) is 2. The number of halogens is 2. The van der Waals surface area contributed by atoms with Gasteiger partial charge in [-0.25, -0.2) is 14.8 Å². The molecule has 0 aliphatic heterocycles. The lowest BCUT2D eigenvalue weighted by Crippen LogP contribution is -2.09. The van der Waals surface area contributed by atoms with Crippen LogP contribution in [-0.4, -0.2) is 22.5 Å². The fourth-order valence-electron chi connectivity index (χ4n) is 0.860. The summed E-state index contributed by atoms with van der Waals surface area (Å²) >= 11 is 11.4. The van der Waals surface area contributed by atoms with Crippen molar-refractivity contribution in [3.63, 3.8) is 0 Å². The third-order valence-electron chi connectivity index (χ3n) is 1.46.